The number of carbonyl (C=O) groups excluding carboxylic acids is 1. The van der Waals surface area contributed by atoms with Crippen LogP contribution in [0, 0.1) is 5.92 Å². The van der Waals surface area contributed by atoms with Crippen LogP contribution in [0.15, 0.2) is 22.1 Å². The maximum Gasteiger partial charge on any atom is 0.316 e. The summed E-state index contributed by atoms with van der Waals surface area (Å²) in [5.74, 6) is 1.56. The van der Waals surface area contributed by atoms with Crippen molar-refractivity contribution in [2.75, 3.05) is 32.8 Å². The number of nitrogens with one attached hydrogen (secondary N) is 1. The van der Waals surface area contributed by atoms with Crippen molar-refractivity contribution in [3.05, 3.63) is 12.2 Å². The highest BCUT2D eigenvalue weighted by atomic mass is 16.6. The van der Waals surface area contributed by atoms with E-state index in [1.165, 1.54) is 76.5 Å². The second-order valence-electron chi connectivity index (χ2n) is 18.0. The van der Waals surface area contributed by atoms with Gasteiger partial charge in [0.25, 0.3) is 0 Å². The lowest BCUT2D eigenvalue weighted by Crippen LogP contribution is -2.71. The quantitative estimate of drug-likeness (QED) is 0.0573. The number of carbonyl (C=O) groups is 1. The first kappa shape index (κ1) is 43.4. The summed E-state index contributed by atoms with van der Waals surface area (Å²) in [5.41, 5.74) is 4.32. The fourth-order valence-electron chi connectivity index (χ4n) is 10.5. The third-order valence-electron chi connectivity index (χ3n) is 13.5. The molecule has 2 spiro atoms. The Kier molecular flexibility index (Phi) is 16.8. The van der Waals surface area contributed by atoms with Gasteiger partial charge in [0.1, 0.15) is 11.6 Å². The number of amidine groups is 1. The molecule has 0 amide bonds. The smallest absolute Gasteiger partial charge is 0.316 e. The zero-order valence-corrected chi connectivity index (χ0v) is 35.3. The third-order valence-corrected chi connectivity index (χ3v) is 13.5. The van der Waals surface area contributed by atoms with Crippen molar-refractivity contribution >= 4 is 17.8 Å². The van der Waals surface area contributed by atoms with Gasteiger partial charge >= 0.3 is 5.97 Å². The number of allylic oxidation sites excluding steroid dienone is 1. The fraction of sp³-hybridized carbons (Fsp3) is 0.889. The maximum absolute atomic E-state index is 14.1. The van der Waals surface area contributed by atoms with Crippen LogP contribution in [0.25, 0.3) is 0 Å². The van der Waals surface area contributed by atoms with Gasteiger partial charge in [0, 0.05) is 38.5 Å². The molecule has 8 atom stereocenters. The van der Waals surface area contributed by atoms with E-state index in [2.05, 4.69) is 41.1 Å². The lowest BCUT2D eigenvalue weighted by molar-refractivity contribution is -0.194. The van der Waals surface area contributed by atoms with Crippen LogP contribution >= 0.6 is 0 Å². The summed E-state index contributed by atoms with van der Waals surface area (Å²) < 4.78 is 19.6. The number of nitrogens with two attached hydrogens (primary N) is 1. The molecule has 3 saturated heterocycles. The average Bonchev–Trinajstić information content (AvgIpc) is 3.49. The number of unbranched alkanes of at least 4 members (excludes halogenated alkanes) is 12. The summed E-state index contributed by atoms with van der Waals surface area (Å²) in [6, 6.07) is 0.352. The Balaban J connectivity index is 0.841. The van der Waals surface area contributed by atoms with Gasteiger partial charge in [0.05, 0.1) is 36.8 Å². The summed E-state index contributed by atoms with van der Waals surface area (Å²) in [6.45, 7) is 7.94. The van der Waals surface area contributed by atoms with E-state index in [0.717, 1.165) is 103 Å². The zero-order chi connectivity index (χ0) is 39.2. The molecule has 0 aromatic carbocycles. The van der Waals surface area contributed by atoms with Crippen LogP contribution < -0.4 is 11.1 Å². The summed E-state index contributed by atoms with van der Waals surface area (Å²) in [4.78, 5) is 28.9. The van der Waals surface area contributed by atoms with Gasteiger partial charge in [-0.25, -0.2) is 4.99 Å². The Hall–Kier alpha value is -2.21. The van der Waals surface area contributed by atoms with Crippen molar-refractivity contribution in [2.24, 2.45) is 21.6 Å². The van der Waals surface area contributed by atoms with Crippen molar-refractivity contribution in [3.63, 3.8) is 0 Å². The number of hydrogen-bond donors (Lipinski definition) is 3. The summed E-state index contributed by atoms with van der Waals surface area (Å²) in [7, 11) is 0. The van der Waals surface area contributed by atoms with E-state index in [9.17, 15) is 9.90 Å². The molecule has 6 aliphatic rings. The molecule has 0 aliphatic carbocycles. The average molecular weight is 783 g/mol. The SMILES string of the molecule is CC[C@@H]1C=CCC[C@]2(C[C@H]3CC[C@H]4[C@@H](C(=O)OCCCCCCCCCCCCCCCC5=NCCCN5CC(O)CCN)[C@@]5(CCC[C@H](C)O5)N=C(N2)N34)O1. The van der Waals surface area contributed by atoms with Gasteiger partial charge < -0.3 is 40.2 Å². The van der Waals surface area contributed by atoms with E-state index < -0.39 is 17.4 Å². The van der Waals surface area contributed by atoms with E-state index in [1.54, 1.807) is 0 Å². The molecule has 0 aromatic heterocycles. The number of nitrogens with zero attached hydrogens (tertiary/aromatic N) is 4. The lowest BCUT2D eigenvalue weighted by Gasteiger charge is -2.55. The van der Waals surface area contributed by atoms with E-state index >= 15 is 0 Å². The Morgan fingerprint density at radius 3 is 2.45 bits per heavy atom. The van der Waals surface area contributed by atoms with E-state index in [4.69, 9.17) is 29.9 Å². The molecule has 3 fully saturated rings. The molecule has 4 N–H and O–H groups in total. The van der Waals surface area contributed by atoms with Crippen LogP contribution in [-0.2, 0) is 19.0 Å². The summed E-state index contributed by atoms with van der Waals surface area (Å²) in [5, 5.41) is 14.0. The van der Waals surface area contributed by atoms with Crippen molar-refractivity contribution in [2.45, 2.75) is 216 Å². The van der Waals surface area contributed by atoms with Gasteiger partial charge in [-0.2, -0.15) is 0 Å². The minimum atomic E-state index is -0.873. The van der Waals surface area contributed by atoms with Crippen LogP contribution in [-0.4, -0.2) is 107 Å². The number of aliphatic hydroxyl groups excluding tert-OH is 1. The molecule has 56 heavy (non-hydrogen) atoms. The molecule has 11 heteroatoms. The fourth-order valence-corrected chi connectivity index (χ4v) is 10.5. The van der Waals surface area contributed by atoms with Crippen molar-refractivity contribution < 1.29 is 24.1 Å². The Morgan fingerprint density at radius 2 is 1.73 bits per heavy atom. The van der Waals surface area contributed by atoms with Gasteiger partial charge in [-0.1, -0.05) is 89.7 Å². The molecule has 0 saturated carbocycles. The largest absolute Gasteiger partial charge is 0.465 e. The lowest BCUT2D eigenvalue weighted by atomic mass is 9.80. The molecule has 6 aliphatic heterocycles. The maximum atomic E-state index is 14.1. The highest BCUT2D eigenvalue weighted by Gasteiger charge is 2.62. The monoisotopic (exact) mass is 783 g/mol. The molecule has 0 radical (unpaired) electrons. The zero-order valence-electron chi connectivity index (χ0n) is 35.3. The number of ether oxygens (including phenoxy) is 3. The van der Waals surface area contributed by atoms with Crippen LogP contribution in [0.2, 0.25) is 0 Å². The topological polar surface area (TPSA) is 134 Å². The van der Waals surface area contributed by atoms with Crippen molar-refractivity contribution in [1.29, 1.82) is 0 Å². The second kappa shape index (κ2) is 21.7. The molecule has 1 unspecified atom stereocenters. The van der Waals surface area contributed by atoms with E-state index in [-0.39, 0.29) is 30.3 Å². The number of guanidine groups is 1. The number of hydrogen-bond acceptors (Lipinski definition) is 11. The first-order valence-corrected chi connectivity index (χ1v) is 23.4. The Bertz CT molecular complexity index is 1310. The molecule has 0 bridgehead atoms. The number of esters is 1. The van der Waals surface area contributed by atoms with Crippen LogP contribution in [0.3, 0.4) is 0 Å². The first-order chi connectivity index (χ1) is 27.4. The number of rotatable bonds is 22. The highest BCUT2D eigenvalue weighted by Crippen LogP contribution is 2.50. The molecule has 0 aromatic rings. The Labute approximate surface area is 339 Å². The molecule has 6 rings (SSSR count). The third kappa shape index (κ3) is 11.5. The minimum Gasteiger partial charge on any atom is -0.465 e. The van der Waals surface area contributed by atoms with Gasteiger partial charge in [0.2, 0.25) is 0 Å². The molecule has 6 heterocycles. The highest BCUT2D eigenvalue weighted by molar-refractivity contribution is 5.87. The predicted molar refractivity (Wildman–Crippen MR) is 224 cm³/mol. The van der Waals surface area contributed by atoms with Crippen LogP contribution in [0.4, 0.5) is 0 Å². The molecular weight excluding hydrogens is 705 g/mol. The van der Waals surface area contributed by atoms with Crippen molar-refractivity contribution in [1.82, 2.24) is 15.1 Å². The number of aliphatic hydroxyl groups is 1. The van der Waals surface area contributed by atoms with Gasteiger partial charge in [-0.3, -0.25) is 9.79 Å². The van der Waals surface area contributed by atoms with Crippen LogP contribution in [0.1, 0.15) is 174 Å². The predicted octanol–water partition coefficient (Wildman–Crippen LogP) is 7.74. The summed E-state index contributed by atoms with van der Waals surface area (Å²) in [6.07, 6.45) is 31.8. The minimum absolute atomic E-state index is 0.0440. The molecular formula is C45H78N6O5. The first-order valence-electron chi connectivity index (χ1n) is 23.4. The van der Waals surface area contributed by atoms with Crippen molar-refractivity contribution in [3.8, 4) is 0 Å². The second-order valence-corrected chi connectivity index (χ2v) is 18.0. The van der Waals surface area contributed by atoms with Crippen LogP contribution in [0.5, 0.6) is 0 Å². The number of aliphatic imine (C=N–C) groups is 2. The Morgan fingerprint density at radius 1 is 1.00 bits per heavy atom. The molecule has 318 valence electrons. The van der Waals surface area contributed by atoms with Gasteiger partial charge in [0.15, 0.2) is 11.7 Å². The van der Waals surface area contributed by atoms with Gasteiger partial charge in [-0.05, 0) is 90.5 Å². The molecule has 11 nitrogen and oxygen atoms in total. The normalized spacial score (nSPS) is 31.8. The van der Waals surface area contributed by atoms with Gasteiger partial charge in [-0.15, -0.1) is 0 Å². The number of β-amino-alcohol motifs (C(OH)–C–C–N with tert-alkyl or cyclic N) is 1. The van der Waals surface area contributed by atoms with E-state index in [0.29, 0.717) is 32.2 Å². The standard InChI is InChI=1S/C45H78N6O5/c1-3-38-22-16-17-27-44(56-38)33-36-24-25-39-41(45(28-19-21-35(2)55-45)49-43(48-44)51(36)39)42(53)54-32-18-14-12-10-8-6-4-5-7-9-11-13-15-23-40-47-30-20-31-50(40)34-37(52)26-29-46/h16,22,35-39,41,52H,3-15,17-21,23-34,46H2,1-2H3,(H,48,49)/t35-,36+,37?,38+,39-,41-,44+,45-/m0/s1. The van der Waals surface area contributed by atoms with E-state index in [1.807, 2.05) is 0 Å². The summed E-state index contributed by atoms with van der Waals surface area (Å²) >= 11 is 0.